The quantitative estimate of drug-likeness (QED) is 0.746. The third kappa shape index (κ3) is 4.00. The first kappa shape index (κ1) is 16.6. The molecule has 7 heteroatoms. The van der Waals surface area contributed by atoms with Gasteiger partial charge in [-0.25, -0.2) is 4.39 Å². The van der Waals surface area contributed by atoms with E-state index in [4.69, 9.17) is 9.15 Å². The van der Waals surface area contributed by atoms with E-state index >= 15 is 0 Å². The van der Waals surface area contributed by atoms with Crippen LogP contribution in [-0.2, 0) is 6.42 Å². The van der Waals surface area contributed by atoms with Crippen molar-refractivity contribution in [2.24, 2.45) is 0 Å². The average Bonchev–Trinajstić information content (AvgIpc) is 3.13. The summed E-state index contributed by atoms with van der Waals surface area (Å²) in [6.07, 6.45) is 0.373. The second kappa shape index (κ2) is 7.57. The Morgan fingerprint density at radius 2 is 1.92 bits per heavy atom. The second-order valence-electron chi connectivity index (χ2n) is 5.24. The number of halogens is 1. The van der Waals surface area contributed by atoms with Gasteiger partial charge in [0.25, 0.3) is 0 Å². The van der Waals surface area contributed by atoms with Crippen molar-refractivity contribution in [3.05, 3.63) is 65.8 Å². The van der Waals surface area contributed by atoms with Gasteiger partial charge in [0.05, 0.1) is 7.11 Å². The largest absolute Gasteiger partial charge is 0.497 e. The molecule has 1 N–H and O–H groups in total. The Kier molecular flexibility index (Phi) is 5.03. The Morgan fingerprint density at radius 3 is 2.64 bits per heavy atom. The van der Waals surface area contributed by atoms with Gasteiger partial charge in [-0.15, -0.1) is 10.2 Å². The molecule has 0 aliphatic rings. The minimum Gasteiger partial charge on any atom is -0.497 e. The van der Waals surface area contributed by atoms with Crippen LogP contribution in [0.1, 0.15) is 16.2 Å². The highest BCUT2D eigenvalue weighted by atomic mass is 19.1. The fourth-order valence-corrected chi connectivity index (χ4v) is 2.25. The Labute approximate surface area is 143 Å². The molecule has 0 saturated carbocycles. The summed E-state index contributed by atoms with van der Waals surface area (Å²) in [5.74, 6) is 0.00978. The van der Waals surface area contributed by atoms with Gasteiger partial charge in [0.2, 0.25) is 5.89 Å². The van der Waals surface area contributed by atoms with Crippen molar-refractivity contribution in [2.75, 3.05) is 13.7 Å². The topological polar surface area (TPSA) is 77.2 Å². The summed E-state index contributed by atoms with van der Waals surface area (Å²) in [6, 6.07) is 13.5. The number of hydrogen-bond donors (Lipinski definition) is 1. The molecule has 1 heterocycles. The number of carbonyl (C=O) groups excluding carboxylic acids is 1. The molecule has 128 valence electrons. The van der Waals surface area contributed by atoms with Crippen LogP contribution in [0.5, 0.6) is 5.75 Å². The Hall–Kier alpha value is -3.22. The molecule has 3 aromatic rings. The van der Waals surface area contributed by atoms with Crippen LogP contribution in [0.2, 0.25) is 0 Å². The number of amides is 1. The smallest absolute Gasteiger partial charge is 0.308 e. The highest BCUT2D eigenvalue weighted by molar-refractivity contribution is 5.89. The summed E-state index contributed by atoms with van der Waals surface area (Å²) >= 11 is 0. The number of nitrogens with zero attached hydrogens (tertiary/aromatic N) is 2. The van der Waals surface area contributed by atoms with Gasteiger partial charge < -0.3 is 14.5 Å². The molecule has 0 aliphatic carbocycles. The molecule has 0 radical (unpaired) electrons. The van der Waals surface area contributed by atoms with E-state index in [0.29, 0.717) is 23.3 Å². The van der Waals surface area contributed by atoms with E-state index in [-0.39, 0.29) is 24.1 Å². The monoisotopic (exact) mass is 341 g/mol. The van der Waals surface area contributed by atoms with Crippen LogP contribution in [0, 0.1) is 5.82 Å². The van der Waals surface area contributed by atoms with E-state index in [0.717, 1.165) is 0 Å². The normalized spacial score (nSPS) is 10.5. The molecule has 0 spiro atoms. The van der Waals surface area contributed by atoms with Gasteiger partial charge in [0.15, 0.2) is 0 Å². The number of aromatic nitrogens is 2. The molecule has 1 amide bonds. The lowest BCUT2D eigenvalue weighted by Gasteiger charge is -2.03. The Balaban J connectivity index is 1.59. The molecule has 0 bridgehead atoms. The van der Waals surface area contributed by atoms with E-state index in [9.17, 15) is 9.18 Å². The van der Waals surface area contributed by atoms with Crippen LogP contribution in [0.25, 0.3) is 11.5 Å². The predicted molar refractivity (Wildman–Crippen MR) is 88.7 cm³/mol. The zero-order valence-corrected chi connectivity index (χ0v) is 13.5. The summed E-state index contributed by atoms with van der Waals surface area (Å²) in [5.41, 5.74) is 1.21. The SMILES string of the molecule is COc1ccc(-c2nnc(C(=O)NCCc3ccccc3F)o2)cc1. The van der Waals surface area contributed by atoms with Crippen molar-refractivity contribution in [2.45, 2.75) is 6.42 Å². The summed E-state index contributed by atoms with van der Waals surface area (Å²) in [5, 5.41) is 10.2. The van der Waals surface area contributed by atoms with E-state index in [1.54, 1.807) is 49.6 Å². The van der Waals surface area contributed by atoms with Crippen LogP contribution in [-0.4, -0.2) is 29.8 Å². The molecule has 0 atom stereocenters. The van der Waals surface area contributed by atoms with E-state index in [1.165, 1.54) is 6.07 Å². The first-order valence-corrected chi connectivity index (χ1v) is 7.67. The van der Waals surface area contributed by atoms with Crippen molar-refractivity contribution in [3.63, 3.8) is 0 Å². The number of ether oxygens (including phenoxy) is 1. The highest BCUT2D eigenvalue weighted by Crippen LogP contribution is 2.21. The highest BCUT2D eigenvalue weighted by Gasteiger charge is 2.15. The zero-order valence-electron chi connectivity index (χ0n) is 13.5. The summed E-state index contributed by atoms with van der Waals surface area (Å²) in [7, 11) is 1.57. The third-order valence-electron chi connectivity index (χ3n) is 3.59. The van der Waals surface area contributed by atoms with Crippen molar-refractivity contribution < 1.29 is 18.3 Å². The van der Waals surface area contributed by atoms with Crippen LogP contribution < -0.4 is 10.1 Å². The lowest BCUT2D eigenvalue weighted by atomic mass is 10.1. The minimum absolute atomic E-state index is 0.139. The molecule has 0 saturated heterocycles. The van der Waals surface area contributed by atoms with Crippen molar-refractivity contribution >= 4 is 5.91 Å². The van der Waals surface area contributed by atoms with Crippen molar-refractivity contribution in [1.29, 1.82) is 0 Å². The fourth-order valence-electron chi connectivity index (χ4n) is 2.25. The lowest BCUT2D eigenvalue weighted by molar-refractivity contribution is 0.0920. The van der Waals surface area contributed by atoms with Crippen LogP contribution in [0.3, 0.4) is 0 Å². The minimum atomic E-state index is -0.497. The van der Waals surface area contributed by atoms with Crippen LogP contribution in [0.15, 0.2) is 52.9 Å². The van der Waals surface area contributed by atoms with Crippen molar-refractivity contribution in [1.82, 2.24) is 15.5 Å². The van der Waals surface area contributed by atoms with Gasteiger partial charge in [-0.3, -0.25) is 4.79 Å². The van der Waals surface area contributed by atoms with E-state index in [2.05, 4.69) is 15.5 Å². The molecule has 0 aliphatic heterocycles. The predicted octanol–water partition coefficient (Wildman–Crippen LogP) is 2.86. The van der Waals surface area contributed by atoms with Crippen LogP contribution >= 0.6 is 0 Å². The summed E-state index contributed by atoms with van der Waals surface area (Å²) < 4.78 is 24.0. The van der Waals surface area contributed by atoms with Crippen molar-refractivity contribution in [3.8, 4) is 17.2 Å². The molecular formula is C18H16FN3O3. The summed E-state index contributed by atoms with van der Waals surface area (Å²) in [6.45, 7) is 0.264. The standard InChI is InChI=1S/C18H16FN3O3/c1-24-14-8-6-13(7-9-14)17-21-22-18(25-17)16(23)20-11-10-12-4-2-3-5-15(12)19/h2-9H,10-11H2,1H3,(H,20,23). The van der Waals surface area contributed by atoms with Gasteiger partial charge in [-0.2, -0.15) is 0 Å². The number of benzene rings is 2. The molecule has 1 aromatic heterocycles. The first-order valence-electron chi connectivity index (χ1n) is 7.67. The van der Waals surface area contributed by atoms with E-state index in [1.807, 2.05) is 0 Å². The van der Waals surface area contributed by atoms with E-state index < -0.39 is 5.91 Å². The molecule has 3 rings (SSSR count). The molecule has 0 fully saturated rings. The Bertz CT molecular complexity index is 862. The average molecular weight is 341 g/mol. The number of nitrogens with one attached hydrogen (secondary N) is 1. The number of methoxy groups -OCH3 is 1. The maximum Gasteiger partial charge on any atom is 0.308 e. The van der Waals surface area contributed by atoms with Gasteiger partial charge in [-0.05, 0) is 42.3 Å². The molecule has 0 unspecified atom stereocenters. The zero-order chi connectivity index (χ0) is 17.6. The van der Waals surface area contributed by atoms with Gasteiger partial charge in [0.1, 0.15) is 11.6 Å². The fraction of sp³-hybridized carbons (Fsp3) is 0.167. The first-order chi connectivity index (χ1) is 12.2. The second-order valence-corrected chi connectivity index (χ2v) is 5.24. The maximum absolute atomic E-state index is 13.5. The number of carbonyl (C=O) groups is 1. The molecule has 25 heavy (non-hydrogen) atoms. The lowest BCUT2D eigenvalue weighted by Crippen LogP contribution is -2.26. The molecule has 6 nitrogen and oxygen atoms in total. The van der Waals surface area contributed by atoms with Gasteiger partial charge in [0, 0.05) is 12.1 Å². The van der Waals surface area contributed by atoms with Gasteiger partial charge in [-0.1, -0.05) is 18.2 Å². The van der Waals surface area contributed by atoms with Crippen LogP contribution in [0.4, 0.5) is 4.39 Å². The number of rotatable bonds is 6. The maximum atomic E-state index is 13.5. The third-order valence-corrected chi connectivity index (χ3v) is 3.59. The Morgan fingerprint density at radius 1 is 1.16 bits per heavy atom. The summed E-state index contributed by atoms with van der Waals surface area (Å²) in [4.78, 5) is 12.0. The van der Waals surface area contributed by atoms with Gasteiger partial charge >= 0.3 is 11.8 Å². The molecular weight excluding hydrogens is 325 g/mol. The molecule has 2 aromatic carbocycles. The number of hydrogen-bond acceptors (Lipinski definition) is 5.